The number of nitrogens with zero attached hydrogens (tertiary/aromatic N) is 3. The Morgan fingerprint density at radius 2 is 1.96 bits per heavy atom. The molecule has 124 valence electrons. The largest absolute Gasteiger partial charge is 0.417 e. The number of hydrogen-bond acceptors (Lipinski definition) is 3. The molecule has 0 spiro atoms. The number of halogens is 3. The third kappa shape index (κ3) is 1.87. The fourth-order valence-corrected chi connectivity index (χ4v) is 4.16. The van der Waals surface area contributed by atoms with Crippen LogP contribution in [0, 0.1) is 17.2 Å². The maximum atomic E-state index is 13.1. The molecule has 3 amide bonds. The van der Waals surface area contributed by atoms with Gasteiger partial charge in [-0.05, 0) is 43.4 Å². The summed E-state index contributed by atoms with van der Waals surface area (Å²) < 4.78 is 39.3. The van der Waals surface area contributed by atoms with Crippen molar-refractivity contribution < 1.29 is 22.8 Å². The lowest BCUT2D eigenvalue weighted by Crippen LogP contribution is -2.40. The molecular formula is C16H12F3N3O2. The van der Waals surface area contributed by atoms with Crippen molar-refractivity contribution in [2.24, 2.45) is 5.92 Å². The molecule has 0 radical (unpaired) electrons. The molecule has 1 aromatic rings. The summed E-state index contributed by atoms with van der Waals surface area (Å²) in [6, 6.07) is 3.29. The molecule has 1 aromatic carbocycles. The summed E-state index contributed by atoms with van der Waals surface area (Å²) in [6.45, 7) is 0. The molecule has 3 atom stereocenters. The minimum absolute atomic E-state index is 0.00178. The van der Waals surface area contributed by atoms with Crippen molar-refractivity contribution in [3.05, 3.63) is 29.3 Å². The third-order valence-corrected chi connectivity index (χ3v) is 5.16. The predicted molar refractivity (Wildman–Crippen MR) is 75.8 cm³/mol. The van der Waals surface area contributed by atoms with E-state index in [-0.39, 0.29) is 17.6 Å². The van der Waals surface area contributed by atoms with E-state index in [1.165, 1.54) is 17.0 Å². The van der Waals surface area contributed by atoms with Gasteiger partial charge < -0.3 is 4.90 Å². The van der Waals surface area contributed by atoms with Crippen molar-refractivity contribution in [2.45, 2.75) is 37.5 Å². The molecule has 0 aromatic heterocycles. The number of piperidine rings is 1. The first-order valence-electron chi connectivity index (χ1n) is 7.60. The molecule has 2 bridgehead atoms. The van der Waals surface area contributed by atoms with Gasteiger partial charge in [0.2, 0.25) is 0 Å². The lowest BCUT2D eigenvalue weighted by molar-refractivity contribution is -0.137. The van der Waals surface area contributed by atoms with Crippen LogP contribution in [0.25, 0.3) is 0 Å². The molecule has 3 fully saturated rings. The molecule has 2 saturated heterocycles. The van der Waals surface area contributed by atoms with Gasteiger partial charge >= 0.3 is 12.2 Å². The van der Waals surface area contributed by atoms with Crippen molar-refractivity contribution in [3.8, 4) is 6.07 Å². The molecule has 8 heteroatoms. The molecule has 4 rings (SSSR count). The zero-order valence-corrected chi connectivity index (χ0v) is 12.4. The molecule has 2 unspecified atom stereocenters. The highest BCUT2D eigenvalue weighted by Crippen LogP contribution is 2.47. The fourth-order valence-electron chi connectivity index (χ4n) is 4.16. The van der Waals surface area contributed by atoms with E-state index in [0.29, 0.717) is 6.07 Å². The number of alkyl halides is 3. The van der Waals surface area contributed by atoms with Crippen LogP contribution in [0.1, 0.15) is 30.4 Å². The number of carbonyl (C=O) groups is 2. The van der Waals surface area contributed by atoms with Gasteiger partial charge in [0.25, 0.3) is 5.91 Å². The first-order chi connectivity index (χ1) is 11.3. The van der Waals surface area contributed by atoms with Crippen molar-refractivity contribution in [1.29, 1.82) is 5.26 Å². The molecule has 2 heterocycles. The van der Waals surface area contributed by atoms with Crippen LogP contribution < -0.4 is 4.90 Å². The van der Waals surface area contributed by atoms with E-state index in [0.717, 1.165) is 30.2 Å². The first kappa shape index (κ1) is 15.0. The normalized spacial score (nSPS) is 28.5. The second kappa shape index (κ2) is 4.72. The van der Waals surface area contributed by atoms with E-state index in [1.54, 1.807) is 0 Å². The van der Waals surface area contributed by atoms with Gasteiger partial charge in [-0.25, -0.2) is 9.69 Å². The Hall–Kier alpha value is -2.56. The second-order valence-electron chi connectivity index (χ2n) is 6.37. The van der Waals surface area contributed by atoms with E-state index >= 15 is 0 Å². The topological polar surface area (TPSA) is 64.4 Å². The number of fused-ring (bicyclic) bond motifs is 5. The van der Waals surface area contributed by atoms with Gasteiger partial charge in [0.1, 0.15) is 6.04 Å². The van der Waals surface area contributed by atoms with Gasteiger partial charge in [-0.3, -0.25) is 4.79 Å². The number of benzene rings is 1. The summed E-state index contributed by atoms with van der Waals surface area (Å²) in [4.78, 5) is 27.5. The number of urea groups is 1. The molecule has 1 saturated carbocycles. The Kier molecular flexibility index (Phi) is 2.95. The molecule has 2 aliphatic heterocycles. The van der Waals surface area contributed by atoms with Crippen LogP contribution in [0.4, 0.5) is 23.7 Å². The van der Waals surface area contributed by atoms with Crippen LogP contribution >= 0.6 is 0 Å². The number of hydrogen-bond donors (Lipinski definition) is 0. The van der Waals surface area contributed by atoms with E-state index < -0.39 is 35.3 Å². The summed E-state index contributed by atoms with van der Waals surface area (Å²) >= 11 is 0. The van der Waals surface area contributed by atoms with Gasteiger partial charge in [0.15, 0.2) is 0 Å². The SMILES string of the molecule is N#Cc1ccc(N2C(=O)[C@@H]3C4CCC(C4)N3C2=O)cc1C(F)(F)F. The van der Waals surface area contributed by atoms with Crippen LogP contribution in [0.15, 0.2) is 18.2 Å². The van der Waals surface area contributed by atoms with E-state index in [1.807, 2.05) is 0 Å². The number of amides is 3. The van der Waals surface area contributed by atoms with Gasteiger partial charge in [0.05, 0.1) is 22.9 Å². The second-order valence-corrected chi connectivity index (χ2v) is 6.37. The predicted octanol–water partition coefficient (Wildman–Crippen LogP) is 2.90. The molecular weight excluding hydrogens is 323 g/mol. The molecule has 5 nitrogen and oxygen atoms in total. The Morgan fingerprint density at radius 1 is 1.21 bits per heavy atom. The standard InChI is InChI=1S/C16H12F3N3O2/c17-16(18,19)12-6-11(4-2-9(12)7-20)22-14(23)13-8-1-3-10(5-8)21(13)15(22)24/h2,4,6,8,10,13H,1,3,5H2/t8?,10?,13-/m0/s1. The molecule has 1 aliphatic carbocycles. The number of imide groups is 1. The number of anilines is 1. The summed E-state index contributed by atoms with van der Waals surface area (Å²) in [5.41, 5.74) is -1.81. The zero-order valence-electron chi connectivity index (χ0n) is 12.4. The highest BCUT2D eigenvalue weighted by Gasteiger charge is 2.59. The van der Waals surface area contributed by atoms with Crippen molar-refractivity contribution in [1.82, 2.24) is 4.90 Å². The Labute approximate surface area is 135 Å². The smallest absolute Gasteiger partial charge is 0.309 e. The van der Waals surface area contributed by atoms with E-state index in [9.17, 15) is 22.8 Å². The maximum absolute atomic E-state index is 13.1. The van der Waals surface area contributed by atoms with Crippen molar-refractivity contribution >= 4 is 17.6 Å². The van der Waals surface area contributed by atoms with Crippen LogP contribution in [-0.4, -0.2) is 28.9 Å². The average molecular weight is 335 g/mol. The van der Waals surface area contributed by atoms with E-state index in [2.05, 4.69) is 0 Å². The highest BCUT2D eigenvalue weighted by atomic mass is 19.4. The zero-order chi connectivity index (χ0) is 17.2. The van der Waals surface area contributed by atoms with Crippen LogP contribution in [0.3, 0.4) is 0 Å². The van der Waals surface area contributed by atoms with Crippen LogP contribution in [-0.2, 0) is 11.0 Å². The monoisotopic (exact) mass is 335 g/mol. The summed E-state index contributed by atoms with van der Waals surface area (Å²) in [5.74, 6) is -0.373. The number of carbonyl (C=O) groups excluding carboxylic acids is 2. The maximum Gasteiger partial charge on any atom is 0.417 e. The van der Waals surface area contributed by atoms with Gasteiger partial charge in [-0.1, -0.05) is 0 Å². The Balaban J connectivity index is 1.76. The molecule has 24 heavy (non-hydrogen) atoms. The lowest BCUT2D eigenvalue weighted by atomic mass is 9.99. The quantitative estimate of drug-likeness (QED) is 0.741. The van der Waals surface area contributed by atoms with Crippen LogP contribution in [0.5, 0.6) is 0 Å². The van der Waals surface area contributed by atoms with Gasteiger partial charge in [0, 0.05) is 6.04 Å². The summed E-state index contributed by atoms with van der Waals surface area (Å²) in [7, 11) is 0. The molecule has 0 N–H and O–H groups in total. The van der Waals surface area contributed by atoms with Gasteiger partial charge in [-0.15, -0.1) is 0 Å². The first-order valence-corrected chi connectivity index (χ1v) is 7.60. The van der Waals surface area contributed by atoms with Crippen molar-refractivity contribution in [2.75, 3.05) is 4.90 Å². The Bertz CT molecular complexity index is 771. The average Bonchev–Trinajstić information content (AvgIpc) is 3.20. The number of nitriles is 1. The summed E-state index contributed by atoms with van der Waals surface area (Å²) in [6.07, 6.45) is -2.26. The van der Waals surface area contributed by atoms with Crippen molar-refractivity contribution in [3.63, 3.8) is 0 Å². The third-order valence-electron chi connectivity index (χ3n) is 5.16. The number of rotatable bonds is 1. The highest BCUT2D eigenvalue weighted by molar-refractivity contribution is 6.22. The lowest BCUT2D eigenvalue weighted by Gasteiger charge is -2.25. The minimum atomic E-state index is -4.73. The van der Waals surface area contributed by atoms with Crippen LogP contribution in [0.2, 0.25) is 0 Å². The molecule has 3 aliphatic rings. The Morgan fingerprint density at radius 3 is 2.58 bits per heavy atom. The van der Waals surface area contributed by atoms with Gasteiger partial charge in [-0.2, -0.15) is 18.4 Å². The van der Waals surface area contributed by atoms with E-state index in [4.69, 9.17) is 5.26 Å². The minimum Gasteiger partial charge on any atom is -0.309 e. The summed E-state index contributed by atoms with van der Waals surface area (Å²) in [5, 5.41) is 8.85. The fraction of sp³-hybridized carbons (Fsp3) is 0.438.